The molecule has 14 nitrogen and oxygen atoms in total. The van der Waals surface area contributed by atoms with Gasteiger partial charge in [-0.3, -0.25) is 4.79 Å². The van der Waals surface area contributed by atoms with Crippen molar-refractivity contribution in [3.05, 3.63) is 82.5 Å². The number of benzene rings is 3. The number of phenolic OH excluding ortho intramolecular Hbond substituents is 4. The highest BCUT2D eigenvalue weighted by molar-refractivity contribution is 5.88. The molecular weight excluding hydrogens is 584 g/mol. The van der Waals surface area contributed by atoms with Gasteiger partial charge in [0.25, 0.3) is 0 Å². The van der Waals surface area contributed by atoms with E-state index in [1.165, 1.54) is 42.5 Å². The van der Waals surface area contributed by atoms with Gasteiger partial charge in [0.15, 0.2) is 5.76 Å². The van der Waals surface area contributed by atoms with Crippen LogP contribution in [0.15, 0.2) is 76.0 Å². The average molecular weight is 613 g/mol. The Morgan fingerprint density at radius 1 is 0.841 bits per heavy atom. The Morgan fingerprint density at radius 2 is 1.48 bits per heavy atom. The van der Waals surface area contributed by atoms with Crippen molar-refractivity contribution in [3.8, 4) is 40.1 Å². The number of fused-ring (bicyclic) bond motifs is 1. The Kier molecular flexibility index (Phi) is 9.42. The van der Waals surface area contributed by atoms with Gasteiger partial charge in [-0.15, -0.1) is 0 Å². The van der Waals surface area contributed by atoms with Gasteiger partial charge in [-0.2, -0.15) is 0 Å². The molecule has 0 spiro atoms. The number of carbonyl (C=O) groups excluding carboxylic acids is 1. The number of aliphatic hydroxyl groups excluding tert-OH is 3. The van der Waals surface area contributed by atoms with E-state index >= 15 is 0 Å². The highest BCUT2D eigenvalue weighted by Crippen LogP contribution is 2.37. The minimum Gasteiger partial charge on any atom is -0.508 e. The molecule has 0 bridgehead atoms. The molecule has 5 rings (SSSR count). The van der Waals surface area contributed by atoms with Gasteiger partial charge in [0.2, 0.25) is 17.5 Å². The highest BCUT2D eigenvalue weighted by Gasteiger charge is 2.46. The molecule has 14 heteroatoms. The molecule has 1 aromatic heterocycles. The van der Waals surface area contributed by atoms with Crippen molar-refractivity contribution in [2.24, 2.45) is 0 Å². The van der Waals surface area contributed by atoms with Gasteiger partial charge in [0.05, 0.1) is 0 Å². The van der Waals surface area contributed by atoms with E-state index < -0.39 is 66.0 Å². The topological polar surface area (TPSA) is 248 Å². The van der Waals surface area contributed by atoms with Crippen molar-refractivity contribution in [2.45, 2.75) is 30.7 Å². The van der Waals surface area contributed by atoms with Gasteiger partial charge in [-0.1, -0.05) is 12.1 Å². The number of aliphatic hydroxyl groups is 3. The molecule has 4 aromatic rings. The molecule has 44 heavy (non-hydrogen) atoms. The van der Waals surface area contributed by atoms with Gasteiger partial charge >= 0.3 is 5.97 Å². The second kappa shape index (κ2) is 13.0. The molecule has 232 valence electrons. The Hall–Kier alpha value is -5.12. The molecule has 0 radical (unpaired) electrons. The number of ether oxygens (including phenoxy) is 3. The van der Waals surface area contributed by atoms with Crippen molar-refractivity contribution in [1.29, 1.82) is 0 Å². The fourth-order valence-corrected chi connectivity index (χ4v) is 4.41. The van der Waals surface area contributed by atoms with Crippen molar-refractivity contribution in [2.75, 3.05) is 6.61 Å². The SMILES string of the molecule is O.O=C(C=Cc1ccc(O)cc1)OC[C@H]1O[C@@H](Oc2c(-c3ccc(O)cc3)oc3cc(O)cc(O)c3c2=O)[C@H](O)[C@@H](O)[C@@H]1O. The second-order valence-corrected chi connectivity index (χ2v) is 9.66. The number of rotatable bonds is 7. The Labute approximate surface area is 247 Å². The summed E-state index contributed by atoms with van der Waals surface area (Å²) >= 11 is 0. The highest BCUT2D eigenvalue weighted by atomic mass is 16.7. The maximum Gasteiger partial charge on any atom is 0.330 e. The minimum atomic E-state index is -1.90. The molecule has 1 aliphatic rings. The summed E-state index contributed by atoms with van der Waals surface area (Å²) < 4.78 is 22.2. The zero-order valence-corrected chi connectivity index (χ0v) is 22.6. The summed E-state index contributed by atoms with van der Waals surface area (Å²) in [6.07, 6.45) is -6.17. The summed E-state index contributed by atoms with van der Waals surface area (Å²) in [6, 6.07) is 13.4. The third-order valence-electron chi connectivity index (χ3n) is 6.64. The van der Waals surface area contributed by atoms with Crippen molar-refractivity contribution < 1.29 is 64.6 Å². The summed E-state index contributed by atoms with van der Waals surface area (Å²) in [5, 5.41) is 70.6. The Bertz CT molecular complexity index is 1710. The fourth-order valence-electron chi connectivity index (χ4n) is 4.41. The first kappa shape index (κ1) is 31.8. The molecule has 1 fully saturated rings. The predicted octanol–water partition coefficient (Wildman–Crippen LogP) is 0.901. The summed E-state index contributed by atoms with van der Waals surface area (Å²) in [4.78, 5) is 25.8. The number of hydrogen-bond donors (Lipinski definition) is 7. The van der Waals surface area contributed by atoms with Gasteiger partial charge < -0.3 is 59.8 Å². The zero-order valence-electron chi connectivity index (χ0n) is 22.6. The Balaban J connectivity index is 0.00000442. The molecule has 0 saturated carbocycles. The molecule has 2 heterocycles. The van der Waals surface area contributed by atoms with Gasteiger partial charge in [-0.05, 0) is 48.0 Å². The molecule has 9 N–H and O–H groups in total. The van der Waals surface area contributed by atoms with Crippen LogP contribution in [0.2, 0.25) is 0 Å². The van der Waals surface area contributed by atoms with E-state index in [9.17, 15) is 45.3 Å². The second-order valence-electron chi connectivity index (χ2n) is 9.66. The molecule has 0 amide bonds. The molecular formula is C30H28O14. The van der Waals surface area contributed by atoms with Gasteiger partial charge in [0.1, 0.15) is 65.0 Å². The summed E-state index contributed by atoms with van der Waals surface area (Å²) in [6.45, 7) is -0.583. The number of hydrogen-bond acceptors (Lipinski definition) is 13. The molecule has 5 atom stereocenters. The van der Waals surface area contributed by atoms with E-state index in [0.29, 0.717) is 5.56 Å². The van der Waals surface area contributed by atoms with Crippen molar-refractivity contribution in [3.63, 3.8) is 0 Å². The first-order valence-electron chi connectivity index (χ1n) is 12.8. The van der Waals surface area contributed by atoms with Gasteiger partial charge in [0, 0.05) is 23.8 Å². The molecule has 1 saturated heterocycles. The van der Waals surface area contributed by atoms with Crippen molar-refractivity contribution in [1.82, 2.24) is 0 Å². The molecule has 3 aromatic carbocycles. The standard InChI is InChI=1S/C30H26O13.H2O/c31-16-6-1-14(2-7-16)3-10-22(35)40-13-21-24(36)26(38)27(39)30(42-21)43-29-25(37)23-19(34)11-18(33)12-20(23)41-28(29)15-4-8-17(32)9-5-15;/h1-12,21,24,26-27,30-34,36,38-39H,13H2;1H2/t21-,24-,26+,27-,30+;/m1./s1. The van der Waals surface area contributed by atoms with E-state index in [4.69, 9.17) is 18.6 Å². The van der Waals surface area contributed by atoms with Gasteiger partial charge in [-0.25, -0.2) is 4.79 Å². The monoisotopic (exact) mass is 612 g/mol. The molecule has 0 aliphatic carbocycles. The number of carbonyl (C=O) groups is 1. The maximum atomic E-state index is 13.5. The summed E-state index contributed by atoms with van der Waals surface area (Å²) in [5.41, 5.74) is -0.328. The fraction of sp³-hybridized carbons (Fsp3) is 0.200. The third-order valence-corrected chi connectivity index (χ3v) is 6.64. The summed E-state index contributed by atoms with van der Waals surface area (Å²) in [5.74, 6) is -2.70. The molecule has 1 aliphatic heterocycles. The lowest BCUT2D eigenvalue weighted by Crippen LogP contribution is -2.60. The van der Waals surface area contributed by atoms with Crippen LogP contribution in [0.1, 0.15) is 5.56 Å². The zero-order chi connectivity index (χ0) is 30.8. The average Bonchev–Trinajstić information content (AvgIpc) is 2.97. The van der Waals surface area contributed by atoms with Crippen LogP contribution in [0.4, 0.5) is 0 Å². The number of esters is 1. The third kappa shape index (κ3) is 6.59. The van der Waals surface area contributed by atoms with E-state index in [1.807, 2.05) is 0 Å². The van der Waals surface area contributed by atoms with Crippen LogP contribution in [-0.2, 0) is 14.3 Å². The van der Waals surface area contributed by atoms with Crippen LogP contribution in [-0.4, -0.2) is 84.5 Å². The quantitative estimate of drug-likeness (QED) is 0.113. The first-order valence-corrected chi connectivity index (χ1v) is 12.8. The smallest absolute Gasteiger partial charge is 0.330 e. The van der Waals surface area contributed by atoms with E-state index in [2.05, 4.69) is 0 Å². The summed E-state index contributed by atoms with van der Waals surface area (Å²) in [7, 11) is 0. The van der Waals surface area contributed by atoms with E-state index in [-0.39, 0.29) is 39.3 Å². The van der Waals surface area contributed by atoms with Crippen LogP contribution < -0.4 is 10.2 Å². The van der Waals surface area contributed by atoms with Crippen LogP contribution in [0, 0.1) is 0 Å². The lowest BCUT2D eigenvalue weighted by molar-refractivity contribution is -0.278. The van der Waals surface area contributed by atoms with Crippen LogP contribution in [0.5, 0.6) is 28.7 Å². The van der Waals surface area contributed by atoms with Crippen molar-refractivity contribution >= 4 is 23.0 Å². The van der Waals surface area contributed by atoms with Crippen LogP contribution >= 0.6 is 0 Å². The molecule has 0 unspecified atom stereocenters. The number of aromatic hydroxyl groups is 4. The van der Waals surface area contributed by atoms with E-state index in [1.54, 1.807) is 12.1 Å². The van der Waals surface area contributed by atoms with Crippen LogP contribution in [0.25, 0.3) is 28.4 Å². The largest absolute Gasteiger partial charge is 0.508 e. The first-order chi connectivity index (χ1) is 20.5. The van der Waals surface area contributed by atoms with E-state index in [0.717, 1.165) is 18.2 Å². The normalized spacial score (nSPS) is 21.6. The number of phenols is 4. The lowest BCUT2D eigenvalue weighted by Gasteiger charge is -2.39. The van der Waals surface area contributed by atoms with Crippen LogP contribution in [0.3, 0.4) is 0 Å². The lowest BCUT2D eigenvalue weighted by atomic mass is 9.99. The Morgan fingerprint density at radius 3 is 2.14 bits per heavy atom. The minimum absolute atomic E-state index is 0. The maximum absolute atomic E-state index is 13.5. The predicted molar refractivity (Wildman–Crippen MR) is 152 cm³/mol.